The number of nitrogens with one attached hydrogen (secondary N) is 1. The fourth-order valence-electron chi connectivity index (χ4n) is 2.38. The molecule has 0 saturated heterocycles. The number of hydrogen-bond donors (Lipinski definition) is 3. The number of anilines is 1. The van der Waals surface area contributed by atoms with Crippen molar-refractivity contribution in [3.8, 4) is 5.75 Å². The fraction of sp³-hybridized carbons (Fsp3) is 0.462. The molecular formula is C13H19ClN2O2. The van der Waals surface area contributed by atoms with E-state index >= 15 is 0 Å². The highest BCUT2D eigenvalue weighted by molar-refractivity contribution is 5.95. The number of rotatable bonds is 3. The summed E-state index contributed by atoms with van der Waals surface area (Å²) in [5, 5.41) is 12.0. The molecule has 100 valence electrons. The van der Waals surface area contributed by atoms with Crippen LogP contribution in [-0.2, 0) is 4.79 Å². The van der Waals surface area contributed by atoms with Crippen molar-refractivity contribution in [2.45, 2.75) is 25.7 Å². The number of amides is 1. The second-order valence-electron chi connectivity index (χ2n) is 4.69. The molecule has 0 bridgehead atoms. The number of benzene rings is 1. The third kappa shape index (κ3) is 2.94. The molecule has 0 heterocycles. The first kappa shape index (κ1) is 14.8. The van der Waals surface area contributed by atoms with Gasteiger partial charge in [0.15, 0.2) is 0 Å². The van der Waals surface area contributed by atoms with Gasteiger partial charge < -0.3 is 16.2 Å². The predicted molar refractivity (Wildman–Crippen MR) is 73.9 cm³/mol. The van der Waals surface area contributed by atoms with E-state index in [0.717, 1.165) is 25.7 Å². The van der Waals surface area contributed by atoms with Gasteiger partial charge >= 0.3 is 0 Å². The number of carbonyl (C=O) groups excluding carboxylic acids is 1. The maximum Gasteiger partial charge on any atom is 0.231 e. The Morgan fingerprint density at radius 1 is 1.28 bits per heavy atom. The zero-order valence-corrected chi connectivity index (χ0v) is 11.0. The number of halogens is 1. The summed E-state index contributed by atoms with van der Waals surface area (Å²) in [5.41, 5.74) is 6.06. The lowest BCUT2D eigenvalue weighted by atomic mass is 9.85. The molecule has 0 spiro atoms. The lowest BCUT2D eigenvalue weighted by Gasteiger charge is -2.25. The van der Waals surface area contributed by atoms with Crippen LogP contribution >= 0.6 is 12.4 Å². The van der Waals surface area contributed by atoms with Crippen molar-refractivity contribution < 1.29 is 9.90 Å². The third-order valence-corrected chi connectivity index (χ3v) is 3.56. The van der Waals surface area contributed by atoms with Crippen LogP contribution in [0.25, 0.3) is 0 Å². The normalized spacial score (nSPS) is 16.9. The molecule has 0 atom stereocenters. The molecule has 1 aliphatic rings. The molecule has 1 saturated carbocycles. The molecule has 1 aliphatic carbocycles. The van der Waals surface area contributed by atoms with Crippen LogP contribution in [-0.4, -0.2) is 17.6 Å². The van der Waals surface area contributed by atoms with Gasteiger partial charge in [-0.3, -0.25) is 4.79 Å². The van der Waals surface area contributed by atoms with Crippen LogP contribution in [0, 0.1) is 5.41 Å². The molecule has 2 rings (SSSR count). The number of nitrogens with two attached hydrogens (primary N) is 1. The van der Waals surface area contributed by atoms with Gasteiger partial charge in [0.1, 0.15) is 5.75 Å². The number of carbonyl (C=O) groups is 1. The summed E-state index contributed by atoms with van der Waals surface area (Å²) in [6.45, 7) is 0.400. The summed E-state index contributed by atoms with van der Waals surface area (Å²) in [5.74, 6) is 0.195. The van der Waals surface area contributed by atoms with Crippen molar-refractivity contribution in [1.82, 2.24) is 0 Å². The molecule has 1 fully saturated rings. The Bertz CT molecular complexity index is 400. The van der Waals surface area contributed by atoms with Gasteiger partial charge in [-0.2, -0.15) is 0 Å². The van der Waals surface area contributed by atoms with Gasteiger partial charge in [-0.1, -0.05) is 12.8 Å². The summed E-state index contributed by atoms with van der Waals surface area (Å²) in [6.07, 6.45) is 3.88. The Labute approximate surface area is 113 Å². The van der Waals surface area contributed by atoms with E-state index in [0.29, 0.717) is 12.2 Å². The molecule has 0 radical (unpaired) electrons. The van der Waals surface area contributed by atoms with Crippen LogP contribution in [0.1, 0.15) is 25.7 Å². The maximum atomic E-state index is 12.2. The first-order chi connectivity index (χ1) is 8.16. The summed E-state index contributed by atoms with van der Waals surface area (Å²) >= 11 is 0. The van der Waals surface area contributed by atoms with Crippen LogP contribution in [0.3, 0.4) is 0 Å². The molecular weight excluding hydrogens is 252 g/mol. The highest BCUT2D eigenvalue weighted by atomic mass is 35.5. The lowest BCUT2D eigenvalue weighted by molar-refractivity contribution is -0.124. The van der Waals surface area contributed by atoms with E-state index in [1.54, 1.807) is 24.3 Å². The monoisotopic (exact) mass is 270 g/mol. The first-order valence-electron chi connectivity index (χ1n) is 5.97. The van der Waals surface area contributed by atoms with Crippen LogP contribution < -0.4 is 11.1 Å². The quantitative estimate of drug-likeness (QED) is 0.738. The first-order valence-corrected chi connectivity index (χ1v) is 5.97. The largest absolute Gasteiger partial charge is 0.508 e. The summed E-state index contributed by atoms with van der Waals surface area (Å²) in [6, 6.07) is 6.48. The zero-order valence-electron chi connectivity index (χ0n) is 10.2. The van der Waals surface area contributed by atoms with Crippen LogP contribution in [0.5, 0.6) is 5.75 Å². The molecule has 18 heavy (non-hydrogen) atoms. The molecule has 0 aliphatic heterocycles. The Hall–Kier alpha value is -1.26. The Morgan fingerprint density at radius 3 is 2.33 bits per heavy atom. The van der Waals surface area contributed by atoms with E-state index in [9.17, 15) is 4.79 Å². The van der Waals surface area contributed by atoms with Crippen molar-refractivity contribution in [3.05, 3.63) is 24.3 Å². The average molecular weight is 271 g/mol. The second kappa shape index (κ2) is 6.07. The minimum absolute atomic E-state index is 0. The smallest absolute Gasteiger partial charge is 0.231 e. The minimum atomic E-state index is -0.391. The summed E-state index contributed by atoms with van der Waals surface area (Å²) in [4.78, 5) is 12.2. The topological polar surface area (TPSA) is 75.4 Å². The van der Waals surface area contributed by atoms with Crippen molar-refractivity contribution in [2.24, 2.45) is 11.1 Å². The highest BCUT2D eigenvalue weighted by Crippen LogP contribution is 2.38. The van der Waals surface area contributed by atoms with Crippen LogP contribution in [0.2, 0.25) is 0 Å². The van der Waals surface area contributed by atoms with Gasteiger partial charge in [-0.15, -0.1) is 12.4 Å². The van der Waals surface area contributed by atoms with Crippen LogP contribution in [0.15, 0.2) is 24.3 Å². The number of aromatic hydroxyl groups is 1. The molecule has 1 amide bonds. The number of hydrogen-bond acceptors (Lipinski definition) is 3. The Kier molecular flexibility index (Phi) is 4.99. The fourth-order valence-corrected chi connectivity index (χ4v) is 2.38. The van der Waals surface area contributed by atoms with Gasteiger partial charge in [0.2, 0.25) is 5.91 Å². The molecule has 4 nitrogen and oxygen atoms in total. The van der Waals surface area contributed by atoms with E-state index < -0.39 is 5.41 Å². The lowest BCUT2D eigenvalue weighted by Crippen LogP contribution is -2.40. The average Bonchev–Trinajstić information content (AvgIpc) is 2.82. The van der Waals surface area contributed by atoms with Crippen molar-refractivity contribution in [3.63, 3.8) is 0 Å². The Balaban J connectivity index is 0.00000162. The van der Waals surface area contributed by atoms with Crippen molar-refractivity contribution >= 4 is 24.0 Å². The van der Waals surface area contributed by atoms with Crippen molar-refractivity contribution in [1.29, 1.82) is 0 Å². The second-order valence-corrected chi connectivity index (χ2v) is 4.69. The zero-order chi connectivity index (χ0) is 12.3. The molecule has 0 unspecified atom stereocenters. The van der Waals surface area contributed by atoms with Gasteiger partial charge in [-0.05, 0) is 37.1 Å². The predicted octanol–water partition coefficient (Wildman–Crippen LogP) is 2.27. The summed E-state index contributed by atoms with van der Waals surface area (Å²) < 4.78 is 0. The molecule has 4 N–H and O–H groups in total. The standard InChI is InChI=1S/C13H18N2O2.ClH/c14-9-13(7-1-2-8-13)12(17)15-10-3-5-11(16)6-4-10;/h3-6,16H,1-2,7-9,14H2,(H,15,17);1H. The van der Waals surface area contributed by atoms with E-state index in [1.807, 2.05) is 0 Å². The minimum Gasteiger partial charge on any atom is -0.508 e. The molecule has 1 aromatic carbocycles. The van der Waals surface area contributed by atoms with Gasteiger partial charge in [0.25, 0.3) is 0 Å². The van der Waals surface area contributed by atoms with Gasteiger partial charge in [-0.25, -0.2) is 0 Å². The summed E-state index contributed by atoms with van der Waals surface area (Å²) in [7, 11) is 0. The van der Waals surface area contributed by atoms with Gasteiger partial charge in [0, 0.05) is 12.2 Å². The molecule has 0 aromatic heterocycles. The Morgan fingerprint density at radius 2 is 1.83 bits per heavy atom. The van der Waals surface area contributed by atoms with E-state index in [2.05, 4.69) is 5.32 Å². The van der Waals surface area contributed by atoms with Gasteiger partial charge in [0.05, 0.1) is 5.41 Å². The van der Waals surface area contributed by atoms with E-state index in [1.165, 1.54) is 0 Å². The van der Waals surface area contributed by atoms with E-state index in [4.69, 9.17) is 10.8 Å². The SMILES string of the molecule is Cl.NCC1(C(=O)Nc2ccc(O)cc2)CCCC1. The van der Waals surface area contributed by atoms with E-state index in [-0.39, 0.29) is 24.1 Å². The highest BCUT2D eigenvalue weighted by Gasteiger charge is 2.39. The number of phenols is 1. The van der Waals surface area contributed by atoms with Crippen molar-refractivity contribution in [2.75, 3.05) is 11.9 Å². The van der Waals surface area contributed by atoms with Crippen LogP contribution in [0.4, 0.5) is 5.69 Å². The molecule has 1 aromatic rings. The molecule has 5 heteroatoms. The number of phenolic OH excluding ortho intramolecular Hbond substituents is 1. The maximum absolute atomic E-state index is 12.2. The third-order valence-electron chi connectivity index (χ3n) is 3.56.